The van der Waals surface area contributed by atoms with Crippen molar-refractivity contribution in [1.29, 1.82) is 0 Å². The molecule has 2 rings (SSSR count). The molecule has 0 bridgehead atoms. The van der Waals surface area contributed by atoms with Gasteiger partial charge in [-0.05, 0) is 86.6 Å². The molecule has 0 aliphatic rings. The minimum absolute atomic E-state index is 0.0224. The zero-order chi connectivity index (χ0) is 63.2. The molecule has 0 aliphatic carbocycles. The molecule has 84 heavy (non-hydrogen) atoms. The number of rotatable bonds is 39. The number of aliphatic carboxylic acids is 4. The highest BCUT2D eigenvalue weighted by atomic mass is 16.4. The van der Waals surface area contributed by atoms with Crippen molar-refractivity contribution in [3.8, 4) is 5.75 Å². The molecule has 21 N–H and O–H groups in total. The Balaban J connectivity index is 2.64. The van der Waals surface area contributed by atoms with Gasteiger partial charge < -0.3 is 91.0 Å². The number of guanidine groups is 1. The summed E-state index contributed by atoms with van der Waals surface area (Å²) in [5.74, 6) is -15.5. The average Bonchev–Trinajstić information content (AvgIpc) is 3.49. The van der Waals surface area contributed by atoms with Gasteiger partial charge in [-0.3, -0.25) is 57.7 Å². The van der Waals surface area contributed by atoms with Crippen LogP contribution in [0.4, 0.5) is 0 Å². The summed E-state index contributed by atoms with van der Waals surface area (Å²) in [5, 5.41) is 67.9. The lowest BCUT2D eigenvalue weighted by Crippen LogP contribution is -2.61. The highest BCUT2D eigenvalue weighted by molar-refractivity contribution is 5.99. The zero-order valence-corrected chi connectivity index (χ0v) is 47.3. The maximum atomic E-state index is 14.6. The first-order valence-electron chi connectivity index (χ1n) is 27.2. The zero-order valence-electron chi connectivity index (χ0n) is 47.3. The molecule has 0 radical (unpaired) electrons. The van der Waals surface area contributed by atoms with E-state index >= 15 is 0 Å². The van der Waals surface area contributed by atoms with Gasteiger partial charge >= 0.3 is 23.9 Å². The van der Waals surface area contributed by atoms with Gasteiger partial charge in [-0.1, -0.05) is 70.2 Å². The number of carbonyl (C=O) groups excluding carboxylic acids is 8. The molecule has 2 aromatic carbocycles. The number of nitrogens with zero attached hydrogens (tertiary/aromatic N) is 1. The van der Waals surface area contributed by atoms with Crippen molar-refractivity contribution < 1.29 is 83.1 Å². The third-order valence-corrected chi connectivity index (χ3v) is 12.7. The van der Waals surface area contributed by atoms with E-state index in [1.807, 2.05) is 0 Å². The summed E-state index contributed by atoms with van der Waals surface area (Å²) in [6.07, 6.45) is -3.27. The van der Waals surface area contributed by atoms with Crippen molar-refractivity contribution in [2.24, 2.45) is 39.8 Å². The fourth-order valence-electron chi connectivity index (χ4n) is 8.25. The van der Waals surface area contributed by atoms with E-state index < -0.39 is 157 Å². The number of aliphatic imine (C=N–C) groups is 1. The van der Waals surface area contributed by atoms with E-state index in [-0.39, 0.29) is 75.7 Å². The molecule has 0 aromatic heterocycles. The smallest absolute Gasteiger partial charge is 0.326 e. The molecule has 2 aromatic rings. The molecule has 8 amide bonds. The van der Waals surface area contributed by atoms with Crippen LogP contribution in [0, 0.1) is 11.8 Å². The van der Waals surface area contributed by atoms with Gasteiger partial charge in [0.25, 0.3) is 0 Å². The maximum absolute atomic E-state index is 14.6. The summed E-state index contributed by atoms with van der Waals surface area (Å²) in [7, 11) is 0. The van der Waals surface area contributed by atoms with Crippen LogP contribution in [-0.4, -0.2) is 170 Å². The number of carboxylic acid groups (broad SMARTS) is 4. The Morgan fingerprint density at radius 2 is 0.917 bits per heavy atom. The number of hydrogen-bond acceptors (Lipinski definition) is 16. The SMILES string of the molecule is CC(C)C[C@H](NC(=O)[C@H](CCC(=O)O)NC(=O)[C@H](CCCCN)NC(=O)[C@@H](N)CC(=O)O)C(=O)N[C@@H](CCCN=C(N)N)C(=O)N[C@@H](Cc1ccc(O)cc1)C(=O)N[C@@H](Cc1ccccc1)C(=O)N[C@@H](CC(=O)O)C(=O)N[C@H](C(=O)O)C(C)C. The number of hydrogen-bond donors (Lipinski definition) is 17. The van der Waals surface area contributed by atoms with E-state index in [2.05, 4.69) is 47.5 Å². The van der Waals surface area contributed by atoms with Crippen LogP contribution >= 0.6 is 0 Å². The number of amides is 8. The van der Waals surface area contributed by atoms with Crippen molar-refractivity contribution >= 4 is 77.1 Å². The molecule has 30 nitrogen and oxygen atoms in total. The lowest BCUT2D eigenvalue weighted by Gasteiger charge is -2.28. The average molecular weight is 1180 g/mol. The Labute approximate surface area is 484 Å². The molecule has 30 heteroatoms. The van der Waals surface area contributed by atoms with Crippen molar-refractivity contribution in [1.82, 2.24) is 42.5 Å². The van der Waals surface area contributed by atoms with Gasteiger partial charge in [0, 0.05) is 25.8 Å². The summed E-state index contributed by atoms with van der Waals surface area (Å²) < 4.78 is 0. The van der Waals surface area contributed by atoms with Gasteiger partial charge in [0.1, 0.15) is 54.1 Å². The fraction of sp³-hybridized carbons (Fsp3) is 0.537. The molecule has 464 valence electrons. The summed E-state index contributed by atoms with van der Waals surface area (Å²) in [6.45, 7) is 6.51. The van der Waals surface area contributed by atoms with E-state index in [1.165, 1.54) is 38.1 Å². The molecule has 0 heterocycles. The number of unbranched alkanes of at least 4 members (excludes halogenated alkanes) is 1. The van der Waals surface area contributed by atoms with Crippen LogP contribution in [0.5, 0.6) is 5.75 Å². The van der Waals surface area contributed by atoms with E-state index in [0.29, 0.717) is 17.5 Å². The molecule has 0 saturated carbocycles. The number of aromatic hydroxyl groups is 1. The van der Waals surface area contributed by atoms with Gasteiger partial charge in [0.15, 0.2) is 5.96 Å². The standard InChI is InChI=1S/C54H81N13O17/c1-28(2)23-37(63-48(78)36(19-20-41(69)70)62-46(76)34(13-8-9-21-55)60-45(75)33(56)26-42(71)72)49(79)61-35(14-10-22-59-54(57)58)47(77)64-39(25-31-15-17-32(68)18-16-31)50(80)65-38(24-30-11-6-5-7-12-30)51(81)66-40(27-43(73)74)52(82)67-44(29(3)4)53(83)84/h5-7,11-12,15-18,28-29,33-40,44,68H,8-10,13-14,19-27,55-56H2,1-4H3,(H,60,75)(H,61,79)(H,62,76)(H,63,78)(H,64,77)(H,65,80)(H,66,81)(H,67,82)(H,69,70)(H,71,72)(H,73,74)(H,83,84)(H4,57,58,59)/t33-,34-,35-,36-,37-,38-,39-,40-,44-/m0/s1. The Morgan fingerprint density at radius 1 is 0.488 bits per heavy atom. The van der Waals surface area contributed by atoms with Gasteiger partial charge in [-0.2, -0.15) is 0 Å². The van der Waals surface area contributed by atoms with Crippen molar-refractivity contribution in [3.63, 3.8) is 0 Å². The predicted octanol–water partition coefficient (Wildman–Crippen LogP) is -2.83. The van der Waals surface area contributed by atoms with Gasteiger partial charge in [-0.25, -0.2) is 4.79 Å². The Morgan fingerprint density at radius 3 is 1.38 bits per heavy atom. The molecule has 0 aliphatic heterocycles. The maximum Gasteiger partial charge on any atom is 0.326 e. The van der Waals surface area contributed by atoms with Crippen LogP contribution in [0.1, 0.15) is 103 Å². The third-order valence-electron chi connectivity index (χ3n) is 12.7. The Kier molecular flexibility index (Phi) is 30.9. The molecular weight excluding hydrogens is 1100 g/mol. The Bertz CT molecular complexity index is 2600. The van der Waals surface area contributed by atoms with Gasteiger partial charge in [0.05, 0.1) is 18.9 Å². The van der Waals surface area contributed by atoms with E-state index in [1.54, 1.807) is 44.2 Å². The number of carbonyl (C=O) groups is 12. The van der Waals surface area contributed by atoms with Crippen LogP contribution in [0.25, 0.3) is 0 Å². The number of phenols is 1. The fourth-order valence-corrected chi connectivity index (χ4v) is 8.25. The van der Waals surface area contributed by atoms with Crippen LogP contribution in [0.2, 0.25) is 0 Å². The predicted molar refractivity (Wildman–Crippen MR) is 301 cm³/mol. The van der Waals surface area contributed by atoms with E-state index in [9.17, 15) is 78.0 Å². The van der Waals surface area contributed by atoms with E-state index in [0.717, 1.165) is 0 Å². The second-order valence-corrected chi connectivity index (χ2v) is 20.7. The van der Waals surface area contributed by atoms with Crippen molar-refractivity contribution in [2.75, 3.05) is 13.1 Å². The van der Waals surface area contributed by atoms with Crippen LogP contribution in [0.3, 0.4) is 0 Å². The quantitative estimate of drug-likeness (QED) is 0.0182. The summed E-state index contributed by atoms with van der Waals surface area (Å²) in [6, 6.07) is -0.607. The number of nitrogens with two attached hydrogens (primary N) is 4. The monoisotopic (exact) mass is 1180 g/mol. The number of phenolic OH excluding ortho intramolecular Hbond substituents is 1. The van der Waals surface area contributed by atoms with Crippen LogP contribution < -0.4 is 65.5 Å². The topological polar surface area (TPSA) is 519 Å². The first-order valence-corrected chi connectivity index (χ1v) is 27.2. The number of carboxylic acids is 4. The van der Waals surface area contributed by atoms with Crippen molar-refractivity contribution in [3.05, 3.63) is 65.7 Å². The van der Waals surface area contributed by atoms with Crippen molar-refractivity contribution in [2.45, 2.75) is 159 Å². The minimum Gasteiger partial charge on any atom is -0.508 e. The second-order valence-electron chi connectivity index (χ2n) is 20.7. The molecule has 0 fully saturated rings. The lowest BCUT2D eigenvalue weighted by molar-refractivity contribution is -0.144. The summed E-state index contributed by atoms with van der Waals surface area (Å²) in [4.78, 5) is 163. The summed E-state index contributed by atoms with van der Waals surface area (Å²) >= 11 is 0. The molecule has 0 unspecified atom stereocenters. The lowest BCUT2D eigenvalue weighted by atomic mass is 10.00. The second kappa shape index (κ2) is 36.5. The highest BCUT2D eigenvalue weighted by Gasteiger charge is 2.36. The highest BCUT2D eigenvalue weighted by Crippen LogP contribution is 2.15. The van der Waals surface area contributed by atoms with Gasteiger partial charge in [0.2, 0.25) is 47.3 Å². The number of benzene rings is 2. The first kappa shape index (κ1) is 71.2. The normalized spacial score (nSPS) is 14.2. The van der Waals surface area contributed by atoms with E-state index in [4.69, 9.17) is 28.0 Å². The Hall–Kier alpha value is -8.93. The van der Waals surface area contributed by atoms with Gasteiger partial charge in [-0.15, -0.1) is 0 Å². The number of nitrogens with one attached hydrogen (secondary N) is 8. The molecule has 0 spiro atoms. The molecule has 0 saturated heterocycles. The van der Waals surface area contributed by atoms with Crippen LogP contribution in [0.15, 0.2) is 59.6 Å². The minimum atomic E-state index is -1.85. The third kappa shape index (κ3) is 27.2. The largest absolute Gasteiger partial charge is 0.508 e. The first-order chi connectivity index (χ1) is 39.5. The molecular formula is C54H81N13O17. The van der Waals surface area contributed by atoms with Crippen LogP contribution in [-0.2, 0) is 70.4 Å². The molecule has 9 atom stereocenters. The summed E-state index contributed by atoms with van der Waals surface area (Å²) in [5.41, 5.74) is 23.2.